The van der Waals surface area contributed by atoms with Gasteiger partial charge in [0.2, 0.25) is 5.91 Å². The van der Waals surface area contributed by atoms with Crippen molar-refractivity contribution in [1.82, 2.24) is 24.2 Å². The second kappa shape index (κ2) is 8.03. The van der Waals surface area contributed by atoms with Crippen molar-refractivity contribution in [2.45, 2.75) is 20.4 Å². The molecule has 3 aromatic rings. The van der Waals surface area contributed by atoms with E-state index < -0.39 is 0 Å². The number of carbonyl (C=O) groups excluding carboxylic acids is 2. The predicted octanol–water partition coefficient (Wildman–Crippen LogP) is 1.25. The van der Waals surface area contributed by atoms with Crippen LogP contribution in [0.2, 0.25) is 0 Å². The van der Waals surface area contributed by atoms with Gasteiger partial charge < -0.3 is 10.2 Å². The van der Waals surface area contributed by atoms with Crippen LogP contribution in [0.15, 0.2) is 41.6 Å². The molecule has 0 radical (unpaired) electrons. The molecule has 2 amide bonds. The molecule has 0 unspecified atom stereocenters. The summed E-state index contributed by atoms with van der Waals surface area (Å²) >= 11 is 0. The highest BCUT2D eigenvalue weighted by Gasteiger charge is 2.13. The number of hydrogen-bond donors (Lipinski definition) is 1. The molecule has 1 N–H and O–H groups in total. The van der Waals surface area contributed by atoms with Crippen LogP contribution in [0.1, 0.15) is 24.2 Å². The van der Waals surface area contributed by atoms with Gasteiger partial charge >= 0.3 is 0 Å². The Hall–Kier alpha value is -3.49. The standard InChI is InChI=1S/C19H22N6O3/c1-4-24(5-2)18(27)13-6-8-14(9-7-13)22-16(26)11-25-12-20-17-15(19(25)28)10-21-23(17)3/h6-10,12H,4-5,11H2,1-3H3,(H,22,26). The average Bonchev–Trinajstić information content (AvgIpc) is 3.07. The average molecular weight is 382 g/mol. The number of carbonyl (C=O) groups is 2. The van der Waals surface area contributed by atoms with Gasteiger partial charge in [0, 0.05) is 31.4 Å². The molecule has 0 fully saturated rings. The third-order valence-electron chi connectivity index (χ3n) is 4.50. The summed E-state index contributed by atoms with van der Waals surface area (Å²) in [5, 5.41) is 7.08. The first-order valence-electron chi connectivity index (χ1n) is 9.01. The van der Waals surface area contributed by atoms with E-state index in [4.69, 9.17) is 0 Å². The molecule has 0 aliphatic rings. The minimum absolute atomic E-state index is 0.0507. The number of benzene rings is 1. The van der Waals surface area contributed by atoms with Gasteiger partial charge in [0.25, 0.3) is 11.5 Å². The quantitative estimate of drug-likeness (QED) is 0.691. The maximum absolute atomic E-state index is 12.4. The third-order valence-corrected chi connectivity index (χ3v) is 4.50. The van der Waals surface area contributed by atoms with E-state index >= 15 is 0 Å². The molecule has 9 nitrogen and oxygen atoms in total. The zero-order chi connectivity index (χ0) is 20.3. The summed E-state index contributed by atoms with van der Waals surface area (Å²) < 4.78 is 2.74. The molecule has 0 atom stereocenters. The molecular weight excluding hydrogens is 360 g/mol. The highest BCUT2D eigenvalue weighted by atomic mass is 16.2. The van der Waals surface area contributed by atoms with Crippen LogP contribution in [0.25, 0.3) is 11.0 Å². The first-order chi connectivity index (χ1) is 13.4. The van der Waals surface area contributed by atoms with Crippen LogP contribution in [0, 0.1) is 0 Å². The number of hydrogen-bond acceptors (Lipinski definition) is 5. The summed E-state index contributed by atoms with van der Waals surface area (Å²) in [4.78, 5) is 42.9. The smallest absolute Gasteiger partial charge is 0.264 e. The van der Waals surface area contributed by atoms with Crippen LogP contribution >= 0.6 is 0 Å². The number of aromatic nitrogens is 4. The van der Waals surface area contributed by atoms with Gasteiger partial charge in [-0.1, -0.05) is 0 Å². The summed E-state index contributed by atoms with van der Waals surface area (Å²) in [5.74, 6) is -0.416. The van der Waals surface area contributed by atoms with Crippen molar-refractivity contribution in [2.24, 2.45) is 7.05 Å². The fourth-order valence-electron chi connectivity index (χ4n) is 2.92. The Morgan fingerprint density at radius 1 is 1.14 bits per heavy atom. The van der Waals surface area contributed by atoms with E-state index in [2.05, 4.69) is 15.4 Å². The Balaban J connectivity index is 1.69. The first-order valence-corrected chi connectivity index (χ1v) is 9.01. The maximum atomic E-state index is 12.4. The minimum Gasteiger partial charge on any atom is -0.339 e. The fraction of sp³-hybridized carbons (Fsp3) is 0.316. The zero-order valence-electron chi connectivity index (χ0n) is 16.0. The molecule has 3 rings (SSSR count). The molecule has 0 spiro atoms. The lowest BCUT2D eigenvalue weighted by molar-refractivity contribution is -0.116. The Morgan fingerprint density at radius 3 is 2.46 bits per heavy atom. The lowest BCUT2D eigenvalue weighted by Gasteiger charge is -2.18. The van der Waals surface area contributed by atoms with Crippen molar-refractivity contribution in [3.63, 3.8) is 0 Å². The molecule has 2 heterocycles. The summed E-state index contributed by atoms with van der Waals surface area (Å²) in [5.41, 5.74) is 1.25. The monoisotopic (exact) mass is 382 g/mol. The van der Waals surface area contributed by atoms with E-state index in [-0.39, 0.29) is 23.9 Å². The summed E-state index contributed by atoms with van der Waals surface area (Å²) in [6.45, 7) is 4.96. The first kappa shape index (κ1) is 19.3. The summed E-state index contributed by atoms with van der Waals surface area (Å²) in [6, 6.07) is 6.68. The Labute approximate surface area is 161 Å². The van der Waals surface area contributed by atoms with E-state index in [0.717, 1.165) is 0 Å². The molecule has 1 aromatic carbocycles. The number of anilines is 1. The van der Waals surface area contributed by atoms with Crippen LogP contribution in [0.5, 0.6) is 0 Å². The van der Waals surface area contributed by atoms with E-state index in [0.29, 0.717) is 35.4 Å². The Bertz CT molecular complexity index is 1060. The van der Waals surface area contributed by atoms with Crippen LogP contribution in [0.3, 0.4) is 0 Å². The topological polar surface area (TPSA) is 102 Å². The Morgan fingerprint density at radius 2 is 1.82 bits per heavy atom. The normalized spacial score (nSPS) is 10.8. The van der Waals surface area contributed by atoms with Crippen molar-refractivity contribution in [2.75, 3.05) is 18.4 Å². The molecule has 2 aromatic heterocycles. The zero-order valence-corrected chi connectivity index (χ0v) is 16.0. The number of nitrogens with one attached hydrogen (secondary N) is 1. The molecule has 9 heteroatoms. The van der Waals surface area contributed by atoms with Gasteiger partial charge in [-0.3, -0.25) is 23.6 Å². The van der Waals surface area contributed by atoms with Crippen molar-refractivity contribution < 1.29 is 9.59 Å². The molecule has 146 valence electrons. The largest absolute Gasteiger partial charge is 0.339 e. The van der Waals surface area contributed by atoms with E-state index in [9.17, 15) is 14.4 Å². The van der Waals surface area contributed by atoms with Crippen molar-refractivity contribution in [3.05, 3.63) is 52.7 Å². The highest BCUT2D eigenvalue weighted by molar-refractivity contribution is 5.95. The summed E-state index contributed by atoms with van der Waals surface area (Å²) in [6.07, 6.45) is 2.77. The number of rotatable bonds is 6. The number of nitrogens with zero attached hydrogens (tertiary/aromatic N) is 5. The fourth-order valence-corrected chi connectivity index (χ4v) is 2.92. The van der Waals surface area contributed by atoms with E-state index in [1.807, 2.05) is 13.8 Å². The minimum atomic E-state index is -0.366. The van der Waals surface area contributed by atoms with Gasteiger partial charge in [-0.2, -0.15) is 5.10 Å². The number of aryl methyl sites for hydroxylation is 1. The van der Waals surface area contributed by atoms with Gasteiger partial charge in [0.1, 0.15) is 18.3 Å². The van der Waals surface area contributed by atoms with Gasteiger partial charge in [-0.15, -0.1) is 0 Å². The van der Waals surface area contributed by atoms with E-state index in [1.165, 1.54) is 21.8 Å². The van der Waals surface area contributed by atoms with Crippen molar-refractivity contribution in [3.8, 4) is 0 Å². The van der Waals surface area contributed by atoms with Gasteiger partial charge in [0.05, 0.1) is 6.20 Å². The van der Waals surface area contributed by atoms with E-state index in [1.54, 1.807) is 36.2 Å². The molecule has 0 aliphatic carbocycles. The van der Waals surface area contributed by atoms with Crippen LogP contribution in [-0.4, -0.2) is 49.1 Å². The van der Waals surface area contributed by atoms with Crippen molar-refractivity contribution >= 4 is 28.5 Å². The molecule has 0 saturated heterocycles. The lowest BCUT2D eigenvalue weighted by atomic mass is 10.1. The molecule has 0 bridgehead atoms. The molecule has 0 aliphatic heterocycles. The lowest BCUT2D eigenvalue weighted by Crippen LogP contribution is -2.30. The van der Waals surface area contributed by atoms with Gasteiger partial charge in [-0.05, 0) is 38.1 Å². The summed E-state index contributed by atoms with van der Waals surface area (Å²) in [7, 11) is 1.69. The second-order valence-electron chi connectivity index (χ2n) is 6.29. The van der Waals surface area contributed by atoms with Crippen LogP contribution in [-0.2, 0) is 18.4 Å². The van der Waals surface area contributed by atoms with Gasteiger partial charge in [0.15, 0.2) is 5.65 Å². The molecule has 28 heavy (non-hydrogen) atoms. The molecule has 0 saturated carbocycles. The third kappa shape index (κ3) is 3.78. The van der Waals surface area contributed by atoms with Crippen molar-refractivity contribution in [1.29, 1.82) is 0 Å². The maximum Gasteiger partial charge on any atom is 0.264 e. The highest BCUT2D eigenvalue weighted by Crippen LogP contribution is 2.12. The second-order valence-corrected chi connectivity index (χ2v) is 6.29. The number of fused-ring (bicyclic) bond motifs is 1. The van der Waals surface area contributed by atoms with Crippen LogP contribution < -0.4 is 10.9 Å². The van der Waals surface area contributed by atoms with Gasteiger partial charge in [-0.25, -0.2) is 4.98 Å². The number of amides is 2. The van der Waals surface area contributed by atoms with Crippen LogP contribution in [0.4, 0.5) is 5.69 Å². The SMILES string of the molecule is CCN(CC)C(=O)c1ccc(NC(=O)Cn2cnc3c(cnn3C)c2=O)cc1. The Kier molecular flexibility index (Phi) is 5.53. The molecular formula is C19H22N6O3. The predicted molar refractivity (Wildman–Crippen MR) is 105 cm³/mol.